The first-order valence-electron chi connectivity index (χ1n) is 9.34. The van der Waals surface area contributed by atoms with Gasteiger partial charge in [-0.25, -0.2) is 9.78 Å². The first kappa shape index (κ1) is 19.5. The number of aromatic nitrogens is 1. The van der Waals surface area contributed by atoms with Gasteiger partial charge >= 0.3 is 6.09 Å². The summed E-state index contributed by atoms with van der Waals surface area (Å²) in [6.07, 6.45) is 3.54. The Labute approximate surface area is 152 Å². The molecule has 2 heterocycles. The van der Waals surface area contributed by atoms with Crippen molar-refractivity contribution in [2.24, 2.45) is 0 Å². The SMILES string of the molecule is CC(C)N(c1ncccc1[C@@H]1CCCN1C(=O)OC(C)(C)C)C(C)C. The van der Waals surface area contributed by atoms with E-state index < -0.39 is 5.60 Å². The minimum atomic E-state index is -0.482. The molecule has 0 bridgehead atoms. The monoisotopic (exact) mass is 347 g/mol. The normalized spacial score (nSPS) is 18.1. The second-order valence-corrected chi connectivity index (χ2v) is 8.34. The molecule has 5 heteroatoms. The molecule has 1 saturated heterocycles. The zero-order chi connectivity index (χ0) is 18.8. The van der Waals surface area contributed by atoms with Crippen LogP contribution in [0, 0.1) is 0 Å². The predicted octanol–water partition coefficient (Wildman–Crippen LogP) is 4.78. The lowest BCUT2D eigenvalue weighted by Gasteiger charge is -2.36. The Kier molecular flexibility index (Phi) is 5.96. The first-order chi connectivity index (χ1) is 11.6. The van der Waals surface area contributed by atoms with Gasteiger partial charge in [0.15, 0.2) is 0 Å². The molecule has 1 aliphatic heterocycles. The van der Waals surface area contributed by atoms with Gasteiger partial charge in [0.2, 0.25) is 0 Å². The van der Waals surface area contributed by atoms with Crippen molar-refractivity contribution < 1.29 is 9.53 Å². The highest BCUT2D eigenvalue weighted by molar-refractivity contribution is 5.70. The molecule has 0 radical (unpaired) electrons. The molecular weight excluding hydrogens is 314 g/mol. The van der Waals surface area contributed by atoms with Gasteiger partial charge in [-0.1, -0.05) is 6.07 Å². The quantitative estimate of drug-likeness (QED) is 0.786. The number of pyridine rings is 1. The summed E-state index contributed by atoms with van der Waals surface area (Å²) < 4.78 is 5.62. The molecule has 0 aliphatic carbocycles. The van der Waals surface area contributed by atoms with E-state index >= 15 is 0 Å². The molecule has 1 aromatic rings. The summed E-state index contributed by atoms with van der Waals surface area (Å²) in [4.78, 5) is 21.5. The zero-order valence-electron chi connectivity index (χ0n) is 16.7. The number of hydrogen-bond donors (Lipinski definition) is 0. The molecule has 0 spiro atoms. The maximum absolute atomic E-state index is 12.7. The molecule has 1 atom stereocenters. The van der Waals surface area contributed by atoms with Gasteiger partial charge in [0.05, 0.1) is 6.04 Å². The molecule has 1 fully saturated rings. The van der Waals surface area contributed by atoms with Gasteiger partial charge in [-0.15, -0.1) is 0 Å². The lowest BCUT2D eigenvalue weighted by Crippen LogP contribution is -2.40. The summed E-state index contributed by atoms with van der Waals surface area (Å²) in [6.45, 7) is 15.2. The molecule has 0 N–H and O–H groups in total. The highest BCUT2D eigenvalue weighted by Gasteiger charge is 2.35. The Morgan fingerprint density at radius 1 is 1.28 bits per heavy atom. The van der Waals surface area contributed by atoms with Gasteiger partial charge in [-0.3, -0.25) is 0 Å². The molecule has 1 aliphatic rings. The molecule has 0 unspecified atom stereocenters. The molecule has 1 aromatic heterocycles. The van der Waals surface area contributed by atoms with Crippen LogP contribution in [0.15, 0.2) is 18.3 Å². The van der Waals surface area contributed by atoms with Crippen LogP contribution in [0.25, 0.3) is 0 Å². The van der Waals surface area contributed by atoms with E-state index in [0.717, 1.165) is 30.8 Å². The molecule has 0 saturated carbocycles. The van der Waals surface area contributed by atoms with E-state index in [4.69, 9.17) is 4.74 Å². The van der Waals surface area contributed by atoms with Crippen LogP contribution in [0.4, 0.5) is 10.6 Å². The number of ether oxygens (including phenoxy) is 1. The summed E-state index contributed by atoms with van der Waals surface area (Å²) in [5.74, 6) is 0.980. The van der Waals surface area contributed by atoms with Crippen molar-refractivity contribution in [1.82, 2.24) is 9.88 Å². The van der Waals surface area contributed by atoms with E-state index in [1.807, 2.05) is 37.9 Å². The van der Waals surface area contributed by atoms with Crippen LogP contribution in [0.5, 0.6) is 0 Å². The molecule has 140 valence electrons. The summed E-state index contributed by atoms with van der Waals surface area (Å²) in [6, 6.07) is 4.77. The lowest BCUT2D eigenvalue weighted by molar-refractivity contribution is 0.0224. The topological polar surface area (TPSA) is 45.7 Å². The Bertz CT molecular complexity index is 585. The van der Waals surface area contributed by atoms with E-state index in [9.17, 15) is 4.79 Å². The highest BCUT2D eigenvalue weighted by Crippen LogP contribution is 2.38. The van der Waals surface area contributed by atoms with Crippen molar-refractivity contribution >= 4 is 11.9 Å². The summed E-state index contributed by atoms with van der Waals surface area (Å²) in [5, 5.41) is 0. The van der Waals surface area contributed by atoms with Gasteiger partial charge in [-0.2, -0.15) is 0 Å². The minimum Gasteiger partial charge on any atom is -0.444 e. The van der Waals surface area contributed by atoms with Crippen molar-refractivity contribution in [1.29, 1.82) is 0 Å². The van der Waals surface area contributed by atoms with Crippen LogP contribution in [-0.4, -0.2) is 40.2 Å². The molecule has 2 rings (SSSR count). The van der Waals surface area contributed by atoms with Gasteiger partial charge in [0.25, 0.3) is 0 Å². The standard InChI is InChI=1S/C20H33N3O2/c1-14(2)23(15(3)4)18-16(10-8-12-21-18)17-11-9-13-22(17)19(24)25-20(5,6)7/h8,10,12,14-15,17H,9,11,13H2,1-7H3/t17-/m0/s1. The maximum Gasteiger partial charge on any atom is 0.410 e. The number of anilines is 1. The Morgan fingerprint density at radius 3 is 2.48 bits per heavy atom. The van der Waals surface area contributed by atoms with Crippen molar-refractivity contribution in [2.45, 2.75) is 85.0 Å². The second-order valence-electron chi connectivity index (χ2n) is 8.34. The lowest BCUT2D eigenvalue weighted by atomic mass is 10.0. The van der Waals surface area contributed by atoms with Gasteiger partial charge in [0, 0.05) is 30.4 Å². The minimum absolute atomic E-state index is 0.0264. The van der Waals surface area contributed by atoms with Gasteiger partial charge in [-0.05, 0) is 67.4 Å². The number of amides is 1. The number of rotatable bonds is 4. The average Bonchev–Trinajstić information content (AvgIpc) is 2.94. The molecule has 0 aromatic carbocycles. The zero-order valence-corrected chi connectivity index (χ0v) is 16.7. The Hall–Kier alpha value is -1.78. The Morgan fingerprint density at radius 2 is 1.92 bits per heavy atom. The fourth-order valence-corrected chi connectivity index (χ4v) is 3.60. The summed E-state index contributed by atoms with van der Waals surface area (Å²) in [7, 11) is 0. The summed E-state index contributed by atoms with van der Waals surface area (Å²) in [5.41, 5.74) is 0.637. The van der Waals surface area contributed by atoms with E-state index in [-0.39, 0.29) is 12.1 Å². The maximum atomic E-state index is 12.7. The number of nitrogens with zero attached hydrogens (tertiary/aromatic N) is 3. The molecule has 5 nitrogen and oxygen atoms in total. The van der Waals surface area contributed by atoms with E-state index in [2.05, 4.69) is 43.6 Å². The third-order valence-corrected chi connectivity index (χ3v) is 4.41. The number of hydrogen-bond acceptors (Lipinski definition) is 4. The van der Waals surface area contributed by atoms with Crippen molar-refractivity contribution in [3.63, 3.8) is 0 Å². The molecular formula is C20H33N3O2. The number of carbonyl (C=O) groups excluding carboxylic acids is 1. The van der Waals surface area contributed by atoms with Crippen molar-refractivity contribution in [2.75, 3.05) is 11.4 Å². The third-order valence-electron chi connectivity index (χ3n) is 4.41. The van der Waals surface area contributed by atoms with Crippen LogP contribution in [0.2, 0.25) is 0 Å². The van der Waals surface area contributed by atoms with Crippen LogP contribution in [-0.2, 0) is 4.74 Å². The highest BCUT2D eigenvalue weighted by atomic mass is 16.6. The molecule has 25 heavy (non-hydrogen) atoms. The van der Waals surface area contributed by atoms with Crippen LogP contribution < -0.4 is 4.90 Å². The second kappa shape index (κ2) is 7.63. The fourth-order valence-electron chi connectivity index (χ4n) is 3.60. The fraction of sp³-hybridized carbons (Fsp3) is 0.700. The largest absolute Gasteiger partial charge is 0.444 e. The number of likely N-dealkylation sites (tertiary alicyclic amines) is 1. The van der Waals surface area contributed by atoms with Gasteiger partial charge < -0.3 is 14.5 Å². The van der Waals surface area contributed by atoms with Crippen LogP contribution in [0.1, 0.15) is 72.9 Å². The average molecular weight is 348 g/mol. The van der Waals surface area contributed by atoms with E-state index in [0.29, 0.717) is 12.1 Å². The van der Waals surface area contributed by atoms with Gasteiger partial charge in [0.1, 0.15) is 11.4 Å². The van der Waals surface area contributed by atoms with Crippen molar-refractivity contribution in [3.05, 3.63) is 23.9 Å². The molecule has 1 amide bonds. The number of carbonyl (C=O) groups is 1. The van der Waals surface area contributed by atoms with Crippen LogP contribution >= 0.6 is 0 Å². The van der Waals surface area contributed by atoms with Crippen molar-refractivity contribution in [3.8, 4) is 0 Å². The summed E-state index contributed by atoms with van der Waals surface area (Å²) >= 11 is 0. The van der Waals surface area contributed by atoms with Crippen LogP contribution in [0.3, 0.4) is 0 Å². The van der Waals surface area contributed by atoms with E-state index in [1.54, 1.807) is 0 Å². The van der Waals surface area contributed by atoms with E-state index in [1.165, 1.54) is 0 Å². The first-order valence-corrected chi connectivity index (χ1v) is 9.34. The smallest absolute Gasteiger partial charge is 0.410 e. The third kappa shape index (κ3) is 4.65. The predicted molar refractivity (Wildman–Crippen MR) is 102 cm³/mol. The Balaban J connectivity index is 2.36.